The molecule has 0 aliphatic carbocycles. The van der Waals surface area contributed by atoms with Gasteiger partial charge in [-0.25, -0.2) is 0 Å². The van der Waals surface area contributed by atoms with Crippen molar-refractivity contribution in [1.29, 1.82) is 0 Å². The molecular weight excluding hydrogens is 420 g/mol. The Labute approximate surface area is 203 Å². The lowest BCUT2D eigenvalue weighted by Gasteiger charge is -2.23. The van der Waals surface area contributed by atoms with Crippen LogP contribution in [0.3, 0.4) is 0 Å². The average Bonchev–Trinajstić information content (AvgIpc) is 3.21. The Balaban J connectivity index is 1.86. The van der Waals surface area contributed by atoms with Crippen molar-refractivity contribution in [2.75, 3.05) is 11.9 Å². The molecule has 0 saturated heterocycles. The first-order chi connectivity index (χ1) is 16.1. The molecule has 4 heteroatoms. The largest absolute Gasteiger partial charge is 0.492 e. The van der Waals surface area contributed by atoms with Crippen LogP contribution in [0.15, 0.2) is 48.8 Å². The lowest BCUT2D eigenvalue weighted by molar-refractivity contribution is -0.117. The van der Waals surface area contributed by atoms with E-state index in [-0.39, 0.29) is 17.2 Å². The Morgan fingerprint density at radius 1 is 1.12 bits per heavy atom. The van der Waals surface area contributed by atoms with Crippen LogP contribution in [0.25, 0.3) is 11.1 Å². The predicted molar refractivity (Wildman–Crippen MR) is 140 cm³/mol. The van der Waals surface area contributed by atoms with E-state index in [1.54, 1.807) is 6.20 Å². The lowest BCUT2D eigenvalue weighted by Crippen LogP contribution is -2.21. The molecule has 1 amide bonds. The van der Waals surface area contributed by atoms with Gasteiger partial charge >= 0.3 is 0 Å². The third-order valence-electron chi connectivity index (χ3n) is 6.65. The summed E-state index contributed by atoms with van der Waals surface area (Å²) >= 11 is 0. The molecule has 1 N–H and O–H groups in total. The van der Waals surface area contributed by atoms with Crippen LogP contribution in [0, 0.1) is 19.3 Å². The molecule has 178 valence electrons. The Bertz CT molecular complexity index is 1190. The molecular formula is C30H36N2O2. The molecule has 0 fully saturated rings. The van der Waals surface area contributed by atoms with Crippen molar-refractivity contribution in [2.45, 2.75) is 66.7 Å². The van der Waals surface area contributed by atoms with E-state index in [1.165, 1.54) is 11.1 Å². The van der Waals surface area contributed by atoms with E-state index >= 15 is 0 Å². The molecule has 1 unspecified atom stereocenters. The minimum atomic E-state index is -0.0847. The van der Waals surface area contributed by atoms with Crippen LogP contribution in [0.2, 0.25) is 0 Å². The number of fused-ring (bicyclic) bond motifs is 1. The minimum absolute atomic E-state index is 0.0348. The summed E-state index contributed by atoms with van der Waals surface area (Å²) in [6, 6.07) is 12.9. The van der Waals surface area contributed by atoms with Crippen molar-refractivity contribution in [3.05, 3.63) is 76.6 Å². The summed E-state index contributed by atoms with van der Waals surface area (Å²) < 4.78 is 6.39. The zero-order valence-electron chi connectivity index (χ0n) is 21.5. The maximum Gasteiger partial charge on any atom is 0.224 e. The predicted octanol–water partition coefficient (Wildman–Crippen LogP) is 7.39. The third kappa shape index (κ3) is 4.72. The fraction of sp³-hybridized carbons (Fsp3) is 0.400. The van der Waals surface area contributed by atoms with Gasteiger partial charge in [-0.05, 0) is 53.5 Å². The maximum atomic E-state index is 13.0. The Morgan fingerprint density at radius 3 is 2.41 bits per heavy atom. The van der Waals surface area contributed by atoms with Gasteiger partial charge in [-0.3, -0.25) is 9.78 Å². The number of ether oxygens (including phenoxy) is 1. The molecule has 1 aliphatic heterocycles. The topological polar surface area (TPSA) is 51.2 Å². The fourth-order valence-electron chi connectivity index (χ4n) is 4.92. The number of nitrogens with one attached hydrogen (secondary N) is 1. The highest BCUT2D eigenvalue weighted by Gasteiger charge is 2.34. The number of amides is 1. The molecule has 2 heterocycles. The lowest BCUT2D eigenvalue weighted by atomic mass is 9.84. The first kappa shape index (κ1) is 24.0. The van der Waals surface area contributed by atoms with Crippen LogP contribution in [-0.4, -0.2) is 17.5 Å². The standard InChI is InChI=1S/C30H36N2O2/c1-18(2)21-10-12-22(13-11-21)24-17-34-29-26(23-9-8-14-31-16-23)19(3)28(20(4)27(24)29)32-25(33)15-30(5,6)7/h8-14,16,18,24H,15,17H2,1-7H3,(H,32,33). The summed E-state index contributed by atoms with van der Waals surface area (Å²) in [6.45, 7) is 15.4. The van der Waals surface area contributed by atoms with Crippen LogP contribution in [0.5, 0.6) is 5.75 Å². The van der Waals surface area contributed by atoms with Gasteiger partial charge in [-0.2, -0.15) is 0 Å². The normalized spacial score (nSPS) is 15.2. The summed E-state index contributed by atoms with van der Waals surface area (Å²) in [5.74, 6) is 1.56. The highest BCUT2D eigenvalue weighted by Crippen LogP contribution is 2.50. The van der Waals surface area contributed by atoms with Crippen LogP contribution in [0.1, 0.15) is 80.7 Å². The second-order valence-corrected chi connectivity index (χ2v) is 11.0. The molecule has 0 spiro atoms. The zero-order valence-corrected chi connectivity index (χ0v) is 21.5. The van der Waals surface area contributed by atoms with Crippen molar-refractivity contribution in [2.24, 2.45) is 5.41 Å². The third-order valence-corrected chi connectivity index (χ3v) is 6.65. The summed E-state index contributed by atoms with van der Waals surface area (Å²) in [4.78, 5) is 17.3. The maximum absolute atomic E-state index is 13.0. The van der Waals surface area contributed by atoms with Crippen LogP contribution in [0.4, 0.5) is 5.69 Å². The van der Waals surface area contributed by atoms with Gasteiger partial charge in [-0.15, -0.1) is 0 Å². The van der Waals surface area contributed by atoms with E-state index in [1.807, 2.05) is 12.3 Å². The number of carbonyl (C=O) groups excluding carboxylic acids is 1. The Morgan fingerprint density at radius 2 is 1.82 bits per heavy atom. The molecule has 1 aliphatic rings. The number of benzene rings is 2. The van der Waals surface area contributed by atoms with Crippen molar-refractivity contribution in [1.82, 2.24) is 4.98 Å². The number of aromatic nitrogens is 1. The Hall–Kier alpha value is -3.14. The molecule has 34 heavy (non-hydrogen) atoms. The summed E-state index contributed by atoms with van der Waals surface area (Å²) in [5, 5.41) is 3.26. The first-order valence-corrected chi connectivity index (χ1v) is 12.2. The molecule has 4 nitrogen and oxygen atoms in total. The highest BCUT2D eigenvalue weighted by molar-refractivity contribution is 5.96. The van der Waals surface area contributed by atoms with Crippen LogP contribution >= 0.6 is 0 Å². The fourth-order valence-corrected chi connectivity index (χ4v) is 4.92. The Kier molecular flexibility index (Phi) is 6.53. The van der Waals surface area contributed by atoms with Crippen LogP contribution in [-0.2, 0) is 4.79 Å². The number of carbonyl (C=O) groups is 1. The smallest absolute Gasteiger partial charge is 0.224 e. The van der Waals surface area contributed by atoms with E-state index < -0.39 is 0 Å². The van der Waals surface area contributed by atoms with Crippen molar-refractivity contribution >= 4 is 11.6 Å². The second-order valence-electron chi connectivity index (χ2n) is 11.0. The van der Waals surface area contributed by atoms with Crippen molar-refractivity contribution < 1.29 is 9.53 Å². The molecule has 1 atom stereocenters. The van der Waals surface area contributed by atoms with Gasteiger partial charge in [0, 0.05) is 47.1 Å². The second kappa shape index (κ2) is 9.25. The van der Waals surface area contributed by atoms with E-state index in [0.29, 0.717) is 18.9 Å². The van der Waals surface area contributed by atoms with E-state index in [9.17, 15) is 4.79 Å². The van der Waals surface area contributed by atoms with Crippen molar-refractivity contribution in [3.8, 4) is 16.9 Å². The number of pyridine rings is 1. The minimum Gasteiger partial charge on any atom is -0.492 e. The number of rotatable bonds is 5. The summed E-state index contributed by atoms with van der Waals surface area (Å²) in [6.07, 6.45) is 4.10. The summed E-state index contributed by atoms with van der Waals surface area (Å²) in [7, 11) is 0. The molecule has 1 aromatic heterocycles. The van der Waals surface area contributed by atoms with Gasteiger partial charge in [0.15, 0.2) is 0 Å². The van der Waals surface area contributed by atoms with Gasteiger partial charge in [0.2, 0.25) is 5.91 Å². The van der Waals surface area contributed by atoms with E-state index in [2.05, 4.69) is 89.1 Å². The zero-order chi connectivity index (χ0) is 24.6. The van der Waals surface area contributed by atoms with Gasteiger partial charge < -0.3 is 10.1 Å². The average molecular weight is 457 g/mol. The van der Waals surface area contributed by atoms with Gasteiger partial charge in [0.25, 0.3) is 0 Å². The number of nitrogens with zero attached hydrogens (tertiary/aromatic N) is 1. The SMILES string of the molecule is Cc1c(NC(=O)CC(C)(C)C)c(C)c2c(c1-c1cccnc1)OCC2c1ccc(C(C)C)cc1. The molecule has 0 radical (unpaired) electrons. The van der Waals surface area contributed by atoms with E-state index in [4.69, 9.17) is 4.74 Å². The van der Waals surface area contributed by atoms with E-state index in [0.717, 1.165) is 39.3 Å². The monoisotopic (exact) mass is 456 g/mol. The quantitative estimate of drug-likeness (QED) is 0.435. The highest BCUT2D eigenvalue weighted by atomic mass is 16.5. The number of anilines is 1. The molecule has 3 aromatic rings. The van der Waals surface area contributed by atoms with Crippen molar-refractivity contribution in [3.63, 3.8) is 0 Å². The van der Waals surface area contributed by atoms with Gasteiger partial charge in [-0.1, -0.05) is 65.0 Å². The number of hydrogen-bond donors (Lipinski definition) is 1. The molecule has 0 saturated carbocycles. The molecule has 2 aromatic carbocycles. The van der Waals surface area contributed by atoms with Gasteiger partial charge in [0.05, 0.1) is 6.61 Å². The number of hydrogen-bond acceptors (Lipinski definition) is 3. The first-order valence-electron chi connectivity index (χ1n) is 12.2. The molecule has 4 rings (SSSR count). The van der Waals surface area contributed by atoms with Gasteiger partial charge in [0.1, 0.15) is 5.75 Å². The van der Waals surface area contributed by atoms with Crippen LogP contribution < -0.4 is 10.1 Å². The summed E-state index contributed by atoms with van der Waals surface area (Å²) in [5.41, 5.74) is 8.64. The molecule has 0 bridgehead atoms.